The zero-order valence-electron chi connectivity index (χ0n) is 6.26. The van der Waals surface area contributed by atoms with Gasteiger partial charge in [0.15, 0.2) is 5.82 Å². The predicted octanol–water partition coefficient (Wildman–Crippen LogP) is 0.721. The average molecular weight is 155 g/mol. The summed E-state index contributed by atoms with van der Waals surface area (Å²) in [6.45, 7) is 0.126. The van der Waals surface area contributed by atoms with Crippen LogP contribution in [0.25, 0.3) is 0 Å². The first-order chi connectivity index (χ1) is 5.29. The molecule has 0 atom stereocenters. The van der Waals surface area contributed by atoms with Crippen LogP contribution in [-0.4, -0.2) is 12.0 Å². The van der Waals surface area contributed by atoms with E-state index in [0.717, 1.165) is 0 Å². The molecule has 0 aromatic carbocycles. The van der Waals surface area contributed by atoms with Gasteiger partial charge in [0.1, 0.15) is 0 Å². The smallest absolute Gasteiger partial charge is 0.169 e. The second-order valence-corrected chi connectivity index (χ2v) is 2.07. The Morgan fingerprint density at radius 1 is 1.73 bits per heavy atom. The van der Waals surface area contributed by atoms with Crippen LogP contribution in [0.5, 0.6) is 0 Å². The van der Waals surface area contributed by atoms with Crippen molar-refractivity contribution in [1.29, 1.82) is 0 Å². The van der Waals surface area contributed by atoms with Gasteiger partial charge in [0.25, 0.3) is 0 Å². The van der Waals surface area contributed by atoms with Crippen molar-refractivity contribution in [2.24, 2.45) is 5.73 Å². The Morgan fingerprint density at radius 2 is 2.45 bits per heavy atom. The number of nitrogens with two attached hydrogens (primary N) is 1. The summed E-state index contributed by atoms with van der Waals surface area (Å²) in [5.74, 6) is -0.363. The highest BCUT2D eigenvalue weighted by Gasteiger charge is 2.04. The number of hydrogen-bond acceptors (Lipinski definition) is 3. The van der Waals surface area contributed by atoms with Gasteiger partial charge in [-0.05, 0) is 6.07 Å². The summed E-state index contributed by atoms with van der Waals surface area (Å²) in [6, 6.07) is 1.56. The lowest BCUT2D eigenvalue weighted by Crippen LogP contribution is -2.05. The summed E-state index contributed by atoms with van der Waals surface area (Å²) < 4.78 is 13.1. The highest BCUT2D eigenvalue weighted by molar-refractivity contribution is 5.44. The maximum atomic E-state index is 13.1. The van der Waals surface area contributed by atoms with Gasteiger partial charge in [0.05, 0.1) is 11.4 Å². The minimum atomic E-state index is -0.363. The molecule has 0 saturated carbocycles. The largest absolute Gasteiger partial charge is 0.386 e. The van der Waals surface area contributed by atoms with Crippen molar-refractivity contribution in [3.63, 3.8) is 0 Å². The van der Waals surface area contributed by atoms with Gasteiger partial charge in [-0.1, -0.05) is 0 Å². The molecule has 0 amide bonds. The van der Waals surface area contributed by atoms with Crippen LogP contribution in [0.2, 0.25) is 0 Å². The fourth-order valence-electron chi connectivity index (χ4n) is 0.822. The molecule has 3 nitrogen and oxygen atoms in total. The minimum Gasteiger partial charge on any atom is -0.386 e. The fraction of sp³-hybridized carbons (Fsp3) is 0.286. The molecule has 3 N–H and O–H groups in total. The van der Waals surface area contributed by atoms with Crippen LogP contribution in [0, 0.1) is 5.82 Å². The van der Waals surface area contributed by atoms with Crippen LogP contribution >= 0.6 is 0 Å². The van der Waals surface area contributed by atoms with Crippen LogP contribution in [0.4, 0.5) is 10.1 Å². The van der Waals surface area contributed by atoms with Gasteiger partial charge in [-0.25, -0.2) is 4.39 Å². The Labute approximate surface area is 64.4 Å². The molecule has 0 fully saturated rings. The van der Waals surface area contributed by atoms with Crippen molar-refractivity contribution in [2.75, 3.05) is 12.4 Å². The molecule has 0 unspecified atom stereocenters. The van der Waals surface area contributed by atoms with Gasteiger partial charge in [-0.3, -0.25) is 4.98 Å². The lowest BCUT2D eigenvalue weighted by molar-refractivity contribution is 0.603. The van der Waals surface area contributed by atoms with E-state index in [4.69, 9.17) is 5.73 Å². The zero-order valence-corrected chi connectivity index (χ0v) is 6.26. The molecule has 0 spiro atoms. The third kappa shape index (κ3) is 1.46. The van der Waals surface area contributed by atoms with Crippen LogP contribution in [0.3, 0.4) is 0 Å². The van der Waals surface area contributed by atoms with E-state index in [2.05, 4.69) is 10.3 Å². The molecule has 0 aliphatic rings. The molecule has 1 heterocycles. The number of nitrogens with zero attached hydrogens (tertiary/aromatic N) is 1. The summed E-state index contributed by atoms with van der Waals surface area (Å²) >= 11 is 0. The summed E-state index contributed by atoms with van der Waals surface area (Å²) in [5.41, 5.74) is 5.96. The van der Waals surface area contributed by atoms with Gasteiger partial charge < -0.3 is 11.1 Å². The second kappa shape index (κ2) is 3.30. The number of anilines is 1. The molecule has 0 aliphatic heterocycles. The molecule has 4 heteroatoms. The van der Waals surface area contributed by atoms with Gasteiger partial charge in [-0.15, -0.1) is 0 Å². The number of aromatic nitrogens is 1. The molecule has 1 aromatic rings. The molecule has 0 bridgehead atoms. The SMILES string of the molecule is CNc1ccnc(CN)c1F. The molecule has 60 valence electrons. The Kier molecular flexibility index (Phi) is 2.38. The van der Waals surface area contributed by atoms with E-state index in [1.807, 2.05) is 0 Å². The van der Waals surface area contributed by atoms with E-state index in [9.17, 15) is 4.39 Å². The van der Waals surface area contributed by atoms with Crippen LogP contribution in [0.15, 0.2) is 12.3 Å². The Hall–Kier alpha value is -1.16. The monoisotopic (exact) mass is 155 g/mol. The summed E-state index contributed by atoms with van der Waals surface area (Å²) in [4.78, 5) is 3.77. The highest BCUT2D eigenvalue weighted by atomic mass is 19.1. The number of hydrogen-bond donors (Lipinski definition) is 2. The van der Waals surface area contributed by atoms with E-state index < -0.39 is 0 Å². The maximum Gasteiger partial charge on any atom is 0.169 e. The van der Waals surface area contributed by atoms with Crippen molar-refractivity contribution >= 4 is 5.69 Å². The van der Waals surface area contributed by atoms with Crippen molar-refractivity contribution < 1.29 is 4.39 Å². The predicted molar refractivity (Wildman–Crippen MR) is 41.6 cm³/mol. The van der Waals surface area contributed by atoms with E-state index in [0.29, 0.717) is 5.69 Å². The van der Waals surface area contributed by atoms with Gasteiger partial charge in [-0.2, -0.15) is 0 Å². The van der Waals surface area contributed by atoms with E-state index in [1.165, 1.54) is 6.20 Å². The quantitative estimate of drug-likeness (QED) is 0.661. The first kappa shape index (κ1) is 7.94. The van der Waals surface area contributed by atoms with Gasteiger partial charge in [0, 0.05) is 19.8 Å². The van der Waals surface area contributed by atoms with Crippen molar-refractivity contribution in [1.82, 2.24) is 4.98 Å². The first-order valence-electron chi connectivity index (χ1n) is 3.30. The van der Waals surface area contributed by atoms with E-state index in [1.54, 1.807) is 13.1 Å². The number of pyridine rings is 1. The first-order valence-corrected chi connectivity index (χ1v) is 3.30. The fourth-order valence-corrected chi connectivity index (χ4v) is 0.822. The molecular weight excluding hydrogens is 145 g/mol. The maximum absolute atomic E-state index is 13.1. The summed E-state index contributed by atoms with van der Waals surface area (Å²) in [5, 5.41) is 2.70. The number of rotatable bonds is 2. The van der Waals surface area contributed by atoms with Crippen molar-refractivity contribution in [2.45, 2.75) is 6.54 Å². The van der Waals surface area contributed by atoms with Crippen LogP contribution in [-0.2, 0) is 6.54 Å². The lowest BCUT2D eigenvalue weighted by atomic mass is 10.3. The lowest BCUT2D eigenvalue weighted by Gasteiger charge is -2.03. The molecular formula is C7H10FN3. The topological polar surface area (TPSA) is 50.9 Å². The molecule has 0 radical (unpaired) electrons. The molecule has 0 aliphatic carbocycles. The van der Waals surface area contributed by atoms with E-state index in [-0.39, 0.29) is 18.1 Å². The molecule has 11 heavy (non-hydrogen) atoms. The van der Waals surface area contributed by atoms with E-state index >= 15 is 0 Å². The second-order valence-electron chi connectivity index (χ2n) is 2.07. The number of nitrogens with one attached hydrogen (secondary N) is 1. The third-order valence-corrected chi connectivity index (χ3v) is 1.42. The van der Waals surface area contributed by atoms with Crippen LogP contribution < -0.4 is 11.1 Å². The molecule has 1 rings (SSSR count). The van der Waals surface area contributed by atoms with Gasteiger partial charge >= 0.3 is 0 Å². The molecule has 1 aromatic heterocycles. The van der Waals surface area contributed by atoms with Crippen molar-refractivity contribution in [3.8, 4) is 0 Å². The Morgan fingerprint density at radius 3 is 3.00 bits per heavy atom. The Balaban J connectivity index is 3.10. The zero-order chi connectivity index (χ0) is 8.27. The third-order valence-electron chi connectivity index (χ3n) is 1.42. The number of halogens is 1. The minimum absolute atomic E-state index is 0.126. The van der Waals surface area contributed by atoms with Crippen molar-refractivity contribution in [3.05, 3.63) is 23.8 Å². The summed E-state index contributed by atoms with van der Waals surface area (Å²) in [7, 11) is 1.65. The highest BCUT2D eigenvalue weighted by Crippen LogP contribution is 2.13. The normalized spacial score (nSPS) is 9.73. The molecule has 0 saturated heterocycles. The Bertz CT molecular complexity index is 227. The van der Waals surface area contributed by atoms with Gasteiger partial charge in [0.2, 0.25) is 0 Å². The summed E-state index contributed by atoms with van der Waals surface area (Å²) in [6.07, 6.45) is 1.52. The average Bonchev–Trinajstić information content (AvgIpc) is 2.05. The standard InChI is InChI=1S/C7H10FN3/c1-10-5-2-3-11-6(4-9)7(5)8/h2-3H,4,9H2,1H3,(H,10,11). The van der Waals surface area contributed by atoms with Crippen LogP contribution in [0.1, 0.15) is 5.69 Å².